The molecule has 1 N–H and O–H groups in total. The fraction of sp³-hybridized carbons (Fsp3) is 0.353. The van der Waals surface area contributed by atoms with E-state index in [0.717, 1.165) is 41.7 Å². The van der Waals surface area contributed by atoms with Crippen molar-refractivity contribution in [2.24, 2.45) is 5.10 Å². The molecule has 2 aromatic rings. The van der Waals surface area contributed by atoms with Crippen LogP contribution in [0.15, 0.2) is 40.3 Å². The highest BCUT2D eigenvalue weighted by Crippen LogP contribution is 2.25. The molecule has 3 rings (SSSR count). The summed E-state index contributed by atoms with van der Waals surface area (Å²) in [6.45, 7) is 6.84. The summed E-state index contributed by atoms with van der Waals surface area (Å²) in [6.07, 6.45) is 1.54. The number of thiophene rings is 1. The third kappa shape index (κ3) is 4.39. The monoisotopic (exact) mass is 379 g/mol. The SMILES string of the molecule is Cc1ccc(C)c(S(=O)(=O)NN=Cc2ccc(N3CCOCC3)s2)c1. The van der Waals surface area contributed by atoms with E-state index in [2.05, 4.69) is 14.8 Å². The van der Waals surface area contributed by atoms with Gasteiger partial charge in [0.1, 0.15) is 0 Å². The molecule has 0 saturated carbocycles. The number of hydrazone groups is 1. The molecule has 1 aliphatic heterocycles. The number of sulfonamides is 1. The highest BCUT2D eigenvalue weighted by Gasteiger charge is 2.16. The fourth-order valence-electron chi connectivity index (χ4n) is 2.57. The lowest BCUT2D eigenvalue weighted by Gasteiger charge is -2.27. The van der Waals surface area contributed by atoms with Crippen LogP contribution in [0.1, 0.15) is 16.0 Å². The van der Waals surface area contributed by atoms with Crippen LogP contribution in [0.2, 0.25) is 0 Å². The Labute approximate surface area is 152 Å². The number of nitrogens with one attached hydrogen (secondary N) is 1. The van der Waals surface area contributed by atoms with Gasteiger partial charge in [-0.1, -0.05) is 12.1 Å². The van der Waals surface area contributed by atoms with Crippen molar-refractivity contribution in [2.75, 3.05) is 31.2 Å². The van der Waals surface area contributed by atoms with Gasteiger partial charge in [-0.3, -0.25) is 0 Å². The van der Waals surface area contributed by atoms with Crippen LogP contribution >= 0.6 is 11.3 Å². The summed E-state index contributed by atoms with van der Waals surface area (Å²) in [4.78, 5) is 5.70. The van der Waals surface area contributed by atoms with E-state index in [1.54, 1.807) is 30.4 Å². The van der Waals surface area contributed by atoms with Gasteiger partial charge in [-0.25, -0.2) is 4.83 Å². The predicted molar refractivity (Wildman–Crippen MR) is 101 cm³/mol. The predicted octanol–water partition coefficient (Wildman–Crippen LogP) is 2.51. The molecule has 0 atom stereocenters. The smallest absolute Gasteiger partial charge is 0.276 e. The Morgan fingerprint density at radius 2 is 1.96 bits per heavy atom. The molecule has 1 aromatic carbocycles. The fourth-order valence-corrected chi connectivity index (χ4v) is 4.62. The summed E-state index contributed by atoms with van der Waals surface area (Å²) in [5.41, 5.74) is 1.59. The molecular weight excluding hydrogens is 358 g/mol. The Bertz CT molecular complexity index is 869. The average molecular weight is 380 g/mol. The van der Waals surface area contributed by atoms with Crippen LogP contribution in [-0.4, -0.2) is 40.9 Å². The number of anilines is 1. The standard InChI is InChI=1S/C17H21N3O3S2/c1-13-3-4-14(2)16(11-13)25(21,22)19-18-12-15-5-6-17(24-15)20-7-9-23-10-8-20/h3-6,11-12,19H,7-10H2,1-2H3. The Balaban J connectivity index is 1.68. The molecular formula is C17H21N3O3S2. The molecule has 0 spiro atoms. The van der Waals surface area contributed by atoms with Crippen molar-refractivity contribution in [3.63, 3.8) is 0 Å². The molecule has 0 radical (unpaired) electrons. The van der Waals surface area contributed by atoms with Crippen LogP contribution in [0.5, 0.6) is 0 Å². The van der Waals surface area contributed by atoms with Crippen LogP contribution in [-0.2, 0) is 14.8 Å². The molecule has 1 aliphatic rings. The molecule has 8 heteroatoms. The Hall–Kier alpha value is -1.90. The Morgan fingerprint density at radius 1 is 1.20 bits per heavy atom. The molecule has 1 saturated heterocycles. The summed E-state index contributed by atoms with van der Waals surface area (Å²) in [5, 5.41) is 5.06. The van der Waals surface area contributed by atoms with E-state index >= 15 is 0 Å². The topological polar surface area (TPSA) is 71.0 Å². The highest BCUT2D eigenvalue weighted by atomic mass is 32.2. The average Bonchev–Trinajstić information content (AvgIpc) is 3.06. The van der Waals surface area contributed by atoms with Crippen LogP contribution in [0.3, 0.4) is 0 Å². The van der Waals surface area contributed by atoms with Gasteiger partial charge >= 0.3 is 0 Å². The van der Waals surface area contributed by atoms with Crippen molar-refractivity contribution >= 4 is 32.6 Å². The van der Waals surface area contributed by atoms with Crippen molar-refractivity contribution in [3.05, 3.63) is 46.3 Å². The van der Waals surface area contributed by atoms with Gasteiger partial charge in [-0.15, -0.1) is 11.3 Å². The van der Waals surface area contributed by atoms with E-state index in [1.807, 2.05) is 25.1 Å². The third-order valence-corrected chi connectivity index (χ3v) is 6.38. The van der Waals surface area contributed by atoms with Crippen molar-refractivity contribution in [2.45, 2.75) is 18.7 Å². The maximum absolute atomic E-state index is 12.4. The number of morpholine rings is 1. The molecule has 1 aromatic heterocycles. The quantitative estimate of drug-likeness (QED) is 0.640. The van der Waals surface area contributed by atoms with Gasteiger partial charge in [-0.2, -0.15) is 13.5 Å². The zero-order valence-corrected chi connectivity index (χ0v) is 15.9. The van der Waals surface area contributed by atoms with Crippen molar-refractivity contribution in [1.82, 2.24) is 4.83 Å². The van der Waals surface area contributed by atoms with Gasteiger partial charge in [0.25, 0.3) is 10.0 Å². The first-order valence-electron chi connectivity index (χ1n) is 8.00. The second-order valence-corrected chi connectivity index (χ2v) is 8.62. The van der Waals surface area contributed by atoms with Crippen molar-refractivity contribution in [1.29, 1.82) is 0 Å². The number of hydrogen-bond acceptors (Lipinski definition) is 6. The van der Waals surface area contributed by atoms with Gasteiger partial charge in [-0.05, 0) is 43.2 Å². The van der Waals surface area contributed by atoms with Crippen molar-refractivity contribution < 1.29 is 13.2 Å². The van der Waals surface area contributed by atoms with Gasteiger partial charge in [0.2, 0.25) is 0 Å². The Morgan fingerprint density at radius 3 is 2.72 bits per heavy atom. The Kier molecular flexibility index (Phi) is 5.41. The van der Waals surface area contributed by atoms with E-state index in [1.165, 1.54) is 6.21 Å². The van der Waals surface area contributed by atoms with Crippen LogP contribution < -0.4 is 9.73 Å². The van der Waals surface area contributed by atoms with Crippen molar-refractivity contribution in [3.8, 4) is 0 Å². The first-order chi connectivity index (χ1) is 12.0. The number of benzene rings is 1. The van der Waals surface area contributed by atoms with Gasteiger partial charge < -0.3 is 9.64 Å². The van der Waals surface area contributed by atoms with Crippen LogP contribution in [0.4, 0.5) is 5.00 Å². The number of ether oxygens (including phenoxy) is 1. The largest absolute Gasteiger partial charge is 0.378 e. The molecule has 2 heterocycles. The lowest BCUT2D eigenvalue weighted by atomic mass is 10.2. The van der Waals surface area contributed by atoms with E-state index in [9.17, 15) is 8.42 Å². The molecule has 0 bridgehead atoms. The number of aryl methyl sites for hydroxylation is 2. The lowest BCUT2D eigenvalue weighted by molar-refractivity contribution is 0.123. The molecule has 1 fully saturated rings. The second-order valence-electron chi connectivity index (χ2n) is 5.90. The zero-order valence-electron chi connectivity index (χ0n) is 14.2. The molecule has 0 amide bonds. The lowest BCUT2D eigenvalue weighted by Crippen LogP contribution is -2.35. The highest BCUT2D eigenvalue weighted by molar-refractivity contribution is 7.89. The van der Waals surface area contributed by atoms with E-state index in [0.29, 0.717) is 5.56 Å². The van der Waals surface area contributed by atoms with E-state index in [-0.39, 0.29) is 4.90 Å². The van der Waals surface area contributed by atoms with Crippen LogP contribution in [0, 0.1) is 13.8 Å². The molecule has 25 heavy (non-hydrogen) atoms. The molecule has 6 nitrogen and oxygen atoms in total. The first-order valence-corrected chi connectivity index (χ1v) is 10.3. The molecule has 0 unspecified atom stereocenters. The van der Waals surface area contributed by atoms with Gasteiger partial charge in [0.15, 0.2) is 0 Å². The van der Waals surface area contributed by atoms with E-state index in [4.69, 9.17) is 4.74 Å². The second kappa shape index (κ2) is 7.55. The van der Waals surface area contributed by atoms with Gasteiger partial charge in [0.05, 0.1) is 29.3 Å². The van der Waals surface area contributed by atoms with Crippen LogP contribution in [0.25, 0.3) is 0 Å². The molecule has 134 valence electrons. The number of nitrogens with zero attached hydrogens (tertiary/aromatic N) is 2. The normalized spacial score (nSPS) is 15.7. The molecule has 0 aliphatic carbocycles. The number of hydrogen-bond donors (Lipinski definition) is 1. The van der Waals surface area contributed by atoms with Gasteiger partial charge in [0, 0.05) is 18.0 Å². The maximum Gasteiger partial charge on any atom is 0.276 e. The summed E-state index contributed by atoms with van der Waals surface area (Å²) >= 11 is 1.58. The zero-order chi connectivity index (χ0) is 17.9. The minimum Gasteiger partial charge on any atom is -0.378 e. The summed E-state index contributed by atoms with van der Waals surface area (Å²) < 4.78 is 30.2. The minimum atomic E-state index is -3.67. The third-order valence-electron chi connectivity index (χ3n) is 3.93. The first kappa shape index (κ1) is 17.9. The summed E-state index contributed by atoms with van der Waals surface area (Å²) in [6, 6.07) is 9.29. The minimum absolute atomic E-state index is 0.254. The van der Waals surface area contributed by atoms with E-state index < -0.39 is 10.0 Å². The summed E-state index contributed by atoms with van der Waals surface area (Å²) in [5.74, 6) is 0. The maximum atomic E-state index is 12.4. The summed E-state index contributed by atoms with van der Waals surface area (Å²) in [7, 11) is -3.67. The number of rotatable bonds is 5.